The first-order valence-electron chi connectivity index (χ1n) is 4.01. The monoisotopic (exact) mass is 183 g/mol. The number of carbonyl (C=O) groups is 1. The Kier molecular flexibility index (Phi) is 2.36. The number of aryl methyl sites for hydroxylation is 1. The topological polar surface area (TPSA) is 68.0 Å². The lowest BCUT2D eigenvalue weighted by Crippen LogP contribution is -2.28. The van der Waals surface area contributed by atoms with E-state index in [0.717, 1.165) is 0 Å². The fraction of sp³-hybridized carbons (Fsp3) is 0.625. The van der Waals surface area contributed by atoms with Crippen LogP contribution >= 0.6 is 0 Å². The summed E-state index contributed by atoms with van der Waals surface area (Å²) >= 11 is 0. The molecular formula is C8H13N3O2. The Labute approximate surface area is 76.5 Å². The Balaban J connectivity index is 2.65. The van der Waals surface area contributed by atoms with Gasteiger partial charge in [-0.05, 0) is 5.16 Å². The molecule has 1 rings (SSSR count). The molecule has 13 heavy (non-hydrogen) atoms. The zero-order valence-electron chi connectivity index (χ0n) is 8.21. The minimum absolute atomic E-state index is 0.131. The van der Waals surface area contributed by atoms with E-state index in [2.05, 4.69) is 15.5 Å². The number of amides is 1. The SMILES string of the molecule is Cc1nc(NC(=O)C(C)(C)C)no1. The molecule has 0 radical (unpaired) electrons. The van der Waals surface area contributed by atoms with Gasteiger partial charge in [0.25, 0.3) is 5.95 Å². The molecule has 0 aromatic carbocycles. The van der Waals surface area contributed by atoms with Gasteiger partial charge in [-0.1, -0.05) is 20.8 Å². The van der Waals surface area contributed by atoms with Gasteiger partial charge < -0.3 is 4.52 Å². The Morgan fingerprint density at radius 1 is 1.46 bits per heavy atom. The van der Waals surface area contributed by atoms with Crippen LogP contribution in [0.4, 0.5) is 5.95 Å². The smallest absolute Gasteiger partial charge is 0.270 e. The molecule has 0 spiro atoms. The number of hydrogen-bond acceptors (Lipinski definition) is 4. The third-order valence-electron chi connectivity index (χ3n) is 1.43. The summed E-state index contributed by atoms with van der Waals surface area (Å²) in [5.41, 5.74) is -0.450. The number of anilines is 1. The van der Waals surface area contributed by atoms with Gasteiger partial charge in [-0.25, -0.2) is 0 Å². The first kappa shape index (κ1) is 9.70. The molecule has 0 unspecified atom stereocenters. The predicted molar refractivity (Wildman–Crippen MR) is 47.1 cm³/mol. The summed E-state index contributed by atoms with van der Waals surface area (Å²) in [6.45, 7) is 7.11. The quantitative estimate of drug-likeness (QED) is 0.713. The lowest BCUT2D eigenvalue weighted by Gasteiger charge is -2.15. The maximum Gasteiger partial charge on any atom is 0.270 e. The molecule has 0 saturated heterocycles. The Morgan fingerprint density at radius 3 is 2.46 bits per heavy atom. The van der Waals surface area contributed by atoms with Crippen molar-refractivity contribution in [2.24, 2.45) is 5.41 Å². The number of nitrogens with one attached hydrogen (secondary N) is 1. The third-order valence-corrected chi connectivity index (χ3v) is 1.43. The number of aromatic nitrogens is 2. The van der Waals surface area contributed by atoms with Crippen molar-refractivity contribution in [3.8, 4) is 0 Å². The molecule has 1 aromatic heterocycles. The van der Waals surface area contributed by atoms with E-state index in [1.165, 1.54) is 0 Å². The van der Waals surface area contributed by atoms with Crippen molar-refractivity contribution in [3.63, 3.8) is 0 Å². The van der Waals surface area contributed by atoms with Crippen LogP contribution in [0.15, 0.2) is 4.52 Å². The predicted octanol–water partition coefficient (Wildman–Crippen LogP) is 1.36. The molecule has 1 amide bonds. The highest BCUT2D eigenvalue weighted by Crippen LogP contribution is 2.15. The molecule has 0 fully saturated rings. The zero-order valence-corrected chi connectivity index (χ0v) is 8.21. The van der Waals surface area contributed by atoms with E-state index < -0.39 is 5.41 Å². The van der Waals surface area contributed by atoms with Crippen molar-refractivity contribution in [3.05, 3.63) is 5.89 Å². The van der Waals surface area contributed by atoms with Crippen molar-refractivity contribution >= 4 is 11.9 Å². The lowest BCUT2D eigenvalue weighted by atomic mass is 9.96. The maximum atomic E-state index is 11.4. The zero-order chi connectivity index (χ0) is 10.1. The largest absolute Gasteiger partial charge is 0.338 e. The summed E-state index contributed by atoms with van der Waals surface area (Å²) in [5, 5.41) is 6.10. The summed E-state index contributed by atoms with van der Waals surface area (Å²) in [5.74, 6) is 0.523. The fourth-order valence-electron chi connectivity index (χ4n) is 0.639. The first-order valence-corrected chi connectivity index (χ1v) is 4.01. The van der Waals surface area contributed by atoms with Gasteiger partial charge in [0.1, 0.15) is 0 Å². The van der Waals surface area contributed by atoms with Crippen LogP contribution in [0.25, 0.3) is 0 Å². The minimum Gasteiger partial charge on any atom is -0.338 e. The summed E-state index contributed by atoms with van der Waals surface area (Å²) in [4.78, 5) is 15.3. The van der Waals surface area contributed by atoms with E-state index in [9.17, 15) is 4.79 Å². The molecule has 0 saturated carbocycles. The number of nitrogens with zero attached hydrogens (tertiary/aromatic N) is 2. The van der Waals surface area contributed by atoms with Crippen LogP contribution < -0.4 is 5.32 Å². The van der Waals surface area contributed by atoms with Crippen LogP contribution in [0.1, 0.15) is 26.7 Å². The molecule has 5 nitrogen and oxygen atoms in total. The van der Waals surface area contributed by atoms with Gasteiger partial charge in [0, 0.05) is 12.3 Å². The van der Waals surface area contributed by atoms with Gasteiger partial charge in [0.15, 0.2) is 0 Å². The summed E-state index contributed by atoms with van der Waals surface area (Å²) in [6.07, 6.45) is 0. The summed E-state index contributed by atoms with van der Waals surface area (Å²) < 4.78 is 4.70. The van der Waals surface area contributed by atoms with Crippen LogP contribution in [0.5, 0.6) is 0 Å². The average Bonchev–Trinajstić information content (AvgIpc) is 2.33. The molecule has 1 N–H and O–H groups in total. The highest BCUT2D eigenvalue weighted by molar-refractivity contribution is 5.92. The van der Waals surface area contributed by atoms with Crippen LogP contribution in [0.2, 0.25) is 0 Å². The van der Waals surface area contributed by atoms with E-state index in [0.29, 0.717) is 5.89 Å². The van der Waals surface area contributed by atoms with Crippen LogP contribution in [-0.4, -0.2) is 16.0 Å². The molecule has 5 heteroatoms. The van der Waals surface area contributed by atoms with Gasteiger partial charge in [-0.15, -0.1) is 0 Å². The van der Waals surface area contributed by atoms with Gasteiger partial charge >= 0.3 is 0 Å². The first-order chi connectivity index (χ1) is 5.89. The highest BCUT2D eigenvalue weighted by atomic mass is 16.5. The molecule has 0 bridgehead atoms. The third kappa shape index (κ3) is 2.54. The molecule has 1 aromatic rings. The van der Waals surface area contributed by atoms with Crippen molar-refractivity contribution in [2.75, 3.05) is 5.32 Å². The number of rotatable bonds is 1. The number of hydrogen-bond donors (Lipinski definition) is 1. The van der Waals surface area contributed by atoms with Gasteiger partial charge in [-0.2, -0.15) is 4.98 Å². The Morgan fingerprint density at radius 2 is 2.08 bits per heavy atom. The fourth-order valence-corrected chi connectivity index (χ4v) is 0.639. The standard InChI is InChI=1S/C8H13N3O2/c1-5-9-7(11-13-5)10-6(12)8(2,3)4/h1-4H3,(H,10,11,12). The molecule has 1 heterocycles. The van der Waals surface area contributed by atoms with Crippen LogP contribution in [0, 0.1) is 12.3 Å². The van der Waals surface area contributed by atoms with Gasteiger partial charge in [0.05, 0.1) is 0 Å². The lowest BCUT2D eigenvalue weighted by molar-refractivity contribution is -0.123. The van der Waals surface area contributed by atoms with E-state index in [-0.39, 0.29) is 11.9 Å². The van der Waals surface area contributed by atoms with Crippen molar-refractivity contribution < 1.29 is 9.32 Å². The molecule has 0 aliphatic rings. The van der Waals surface area contributed by atoms with E-state index in [1.807, 2.05) is 20.8 Å². The van der Waals surface area contributed by atoms with E-state index in [1.54, 1.807) is 6.92 Å². The summed E-state index contributed by atoms with van der Waals surface area (Å²) in [7, 11) is 0. The molecule has 0 aliphatic heterocycles. The normalized spacial score (nSPS) is 11.4. The van der Waals surface area contributed by atoms with Crippen molar-refractivity contribution in [1.82, 2.24) is 10.1 Å². The molecule has 72 valence electrons. The second-order valence-electron chi connectivity index (χ2n) is 3.84. The second kappa shape index (κ2) is 3.16. The second-order valence-corrected chi connectivity index (χ2v) is 3.84. The highest BCUT2D eigenvalue weighted by Gasteiger charge is 2.22. The minimum atomic E-state index is -0.450. The van der Waals surface area contributed by atoms with Crippen LogP contribution in [-0.2, 0) is 4.79 Å². The summed E-state index contributed by atoms with van der Waals surface area (Å²) in [6, 6.07) is 0. The average molecular weight is 183 g/mol. The van der Waals surface area contributed by atoms with Crippen molar-refractivity contribution in [2.45, 2.75) is 27.7 Å². The van der Waals surface area contributed by atoms with Crippen molar-refractivity contribution in [1.29, 1.82) is 0 Å². The molecule has 0 atom stereocenters. The van der Waals surface area contributed by atoms with E-state index >= 15 is 0 Å². The van der Waals surface area contributed by atoms with Gasteiger partial charge in [-0.3, -0.25) is 10.1 Å². The van der Waals surface area contributed by atoms with Crippen LogP contribution in [0.3, 0.4) is 0 Å². The maximum absolute atomic E-state index is 11.4. The molecule has 0 aliphatic carbocycles. The van der Waals surface area contributed by atoms with E-state index in [4.69, 9.17) is 4.52 Å². The number of carbonyl (C=O) groups excluding carboxylic acids is 1. The Hall–Kier alpha value is -1.39. The Bertz CT molecular complexity index is 311. The van der Waals surface area contributed by atoms with Gasteiger partial charge in [0.2, 0.25) is 11.8 Å². The molecular weight excluding hydrogens is 170 g/mol.